The van der Waals surface area contributed by atoms with Crippen molar-refractivity contribution in [1.29, 1.82) is 0 Å². The van der Waals surface area contributed by atoms with Gasteiger partial charge in [0, 0.05) is 17.2 Å². The van der Waals surface area contributed by atoms with Gasteiger partial charge in [0.15, 0.2) is 17.7 Å². The molecule has 18 heavy (non-hydrogen) atoms. The fourth-order valence-corrected chi connectivity index (χ4v) is 2.06. The summed E-state index contributed by atoms with van der Waals surface area (Å²) in [5.41, 5.74) is 0. The van der Waals surface area contributed by atoms with E-state index in [4.69, 9.17) is 4.74 Å². The highest BCUT2D eigenvalue weighted by Crippen LogP contribution is 2.22. The maximum atomic E-state index is 13.8. The monoisotopic (exact) mass is 318 g/mol. The Hall–Kier alpha value is -1.21. The van der Waals surface area contributed by atoms with Gasteiger partial charge in [-0.25, -0.2) is 14.2 Å². The molecule has 0 spiro atoms. The molecule has 0 aliphatic carbocycles. The van der Waals surface area contributed by atoms with Crippen molar-refractivity contribution in [1.82, 2.24) is 4.98 Å². The predicted octanol–water partition coefficient (Wildman–Crippen LogP) is 1.36. The van der Waals surface area contributed by atoms with Crippen LogP contribution in [0.4, 0.5) is 10.2 Å². The van der Waals surface area contributed by atoms with E-state index in [-0.39, 0.29) is 12.4 Å². The number of anilines is 1. The second kappa shape index (κ2) is 5.62. The van der Waals surface area contributed by atoms with Crippen LogP contribution in [0.1, 0.15) is 0 Å². The average Bonchev–Trinajstić information content (AvgIpc) is 2.38. The summed E-state index contributed by atoms with van der Waals surface area (Å²) < 4.78 is 24.2. The molecule has 0 saturated carbocycles. The Morgan fingerprint density at radius 3 is 3.17 bits per heavy atom. The van der Waals surface area contributed by atoms with E-state index < -0.39 is 17.9 Å². The Morgan fingerprint density at radius 1 is 1.72 bits per heavy atom. The third kappa shape index (κ3) is 2.78. The largest absolute Gasteiger partial charge is 0.467 e. The highest BCUT2D eigenvalue weighted by Gasteiger charge is 2.29. The molecule has 98 valence electrons. The third-order valence-electron chi connectivity index (χ3n) is 2.62. The number of ether oxygens (including phenoxy) is 2. The first-order valence-electron chi connectivity index (χ1n) is 5.37. The van der Waals surface area contributed by atoms with E-state index in [1.165, 1.54) is 19.4 Å². The number of esters is 1. The Bertz CT molecular complexity index is 458. The Morgan fingerprint density at radius 2 is 2.50 bits per heavy atom. The molecule has 0 aromatic carbocycles. The summed E-state index contributed by atoms with van der Waals surface area (Å²) in [5.74, 6) is -0.678. The standard InChI is InChI=1S/C11H12BrFN2O3/c1-17-11(16)9-6-15(2-3-18-9)10-8(13)4-7(12)5-14-10/h4-5,9H,2-3,6H2,1H3. The van der Waals surface area contributed by atoms with Gasteiger partial charge in [0.2, 0.25) is 0 Å². The Kier molecular flexibility index (Phi) is 4.13. The molecule has 1 aliphatic rings. The first-order valence-corrected chi connectivity index (χ1v) is 6.16. The van der Waals surface area contributed by atoms with Crippen molar-refractivity contribution in [3.8, 4) is 0 Å². The lowest BCUT2D eigenvalue weighted by atomic mass is 10.2. The van der Waals surface area contributed by atoms with Crippen LogP contribution < -0.4 is 4.90 Å². The fourth-order valence-electron chi connectivity index (χ4n) is 1.76. The van der Waals surface area contributed by atoms with E-state index in [9.17, 15) is 9.18 Å². The lowest BCUT2D eigenvalue weighted by Crippen LogP contribution is -2.47. The van der Waals surface area contributed by atoms with Crippen LogP contribution in [0, 0.1) is 5.82 Å². The van der Waals surface area contributed by atoms with Crippen molar-refractivity contribution >= 4 is 27.7 Å². The van der Waals surface area contributed by atoms with Crippen molar-refractivity contribution in [3.05, 3.63) is 22.6 Å². The molecular formula is C11H12BrFN2O3. The number of carbonyl (C=O) groups excluding carboxylic acids is 1. The topological polar surface area (TPSA) is 51.7 Å². The summed E-state index contributed by atoms with van der Waals surface area (Å²) >= 11 is 3.15. The van der Waals surface area contributed by atoms with Crippen LogP contribution >= 0.6 is 15.9 Å². The third-order valence-corrected chi connectivity index (χ3v) is 3.05. The van der Waals surface area contributed by atoms with E-state index in [1.54, 1.807) is 4.90 Å². The van der Waals surface area contributed by atoms with Crippen molar-refractivity contribution in [2.45, 2.75) is 6.10 Å². The van der Waals surface area contributed by atoms with E-state index in [0.717, 1.165) is 0 Å². The van der Waals surface area contributed by atoms with Gasteiger partial charge in [-0.05, 0) is 22.0 Å². The molecule has 0 radical (unpaired) electrons. The number of halogens is 2. The van der Waals surface area contributed by atoms with Gasteiger partial charge >= 0.3 is 5.97 Å². The SMILES string of the molecule is COC(=O)C1CN(c2ncc(Br)cc2F)CCO1. The van der Waals surface area contributed by atoms with Crippen LogP contribution in [0.5, 0.6) is 0 Å². The minimum absolute atomic E-state index is 0.218. The van der Waals surface area contributed by atoms with Crippen molar-refractivity contribution in [2.75, 3.05) is 31.7 Å². The van der Waals surface area contributed by atoms with Crippen LogP contribution in [0.25, 0.3) is 0 Å². The van der Waals surface area contributed by atoms with Crippen molar-refractivity contribution in [3.63, 3.8) is 0 Å². The summed E-state index contributed by atoms with van der Waals surface area (Å²) in [6.45, 7) is 1.05. The lowest BCUT2D eigenvalue weighted by molar-refractivity contribution is -0.154. The Balaban J connectivity index is 2.15. The van der Waals surface area contributed by atoms with Gasteiger partial charge in [0.25, 0.3) is 0 Å². The number of methoxy groups -OCH3 is 1. The van der Waals surface area contributed by atoms with Crippen LogP contribution in [0.2, 0.25) is 0 Å². The van der Waals surface area contributed by atoms with Crippen LogP contribution in [0.15, 0.2) is 16.7 Å². The Labute approximate surface area is 112 Å². The number of morpholine rings is 1. The van der Waals surface area contributed by atoms with E-state index in [2.05, 4.69) is 25.7 Å². The number of pyridine rings is 1. The van der Waals surface area contributed by atoms with E-state index in [0.29, 0.717) is 17.6 Å². The first-order chi connectivity index (χ1) is 8.61. The quantitative estimate of drug-likeness (QED) is 0.771. The number of rotatable bonds is 2. The zero-order valence-electron chi connectivity index (χ0n) is 9.73. The molecule has 5 nitrogen and oxygen atoms in total. The molecule has 1 aromatic heterocycles. The van der Waals surface area contributed by atoms with Gasteiger partial charge in [-0.15, -0.1) is 0 Å². The van der Waals surface area contributed by atoms with Gasteiger partial charge in [-0.3, -0.25) is 0 Å². The van der Waals surface area contributed by atoms with Crippen LogP contribution in [-0.2, 0) is 14.3 Å². The predicted molar refractivity (Wildman–Crippen MR) is 65.9 cm³/mol. The number of hydrogen-bond donors (Lipinski definition) is 0. The average molecular weight is 319 g/mol. The zero-order valence-corrected chi connectivity index (χ0v) is 11.3. The molecule has 1 aromatic rings. The summed E-state index contributed by atoms with van der Waals surface area (Å²) in [7, 11) is 1.29. The van der Waals surface area contributed by atoms with Crippen LogP contribution in [-0.4, -0.2) is 43.9 Å². The minimum Gasteiger partial charge on any atom is -0.467 e. The van der Waals surface area contributed by atoms with Gasteiger partial charge < -0.3 is 14.4 Å². The molecule has 1 fully saturated rings. The van der Waals surface area contributed by atoms with Crippen molar-refractivity contribution < 1.29 is 18.7 Å². The number of hydrogen-bond acceptors (Lipinski definition) is 5. The number of aromatic nitrogens is 1. The van der Waals surface area contributed by atoms with Gasteiger partial charge in [-0.2, -0.15) is 0 Å². The summed E-state index contributed by atoms with van der Waals surface area (Å²) in [6, 6.07) is 1.34. The fraction of sp³-hybridized carbons (Fsp3) is 0.455. The molecule has 1 aliphatic heterocycles. The number of carbonyl (C=O) groups is 1. The van der Waals surface area contributed by atoms with Gasteiger partial charge in [0.05, 0.1) is 20.3 Å². The molecule has 1 saturated heterocycles. The van der Waals surface area contributed by atoms with Crippen LogP contribution in [0.3, 0.4) is 0 Å². The maximum Gasteiger partial charge on any atom is 0.336 e. The molecular weight excluding hydrogens is 307 g/mol. The smallest absolute Gasteiger partial charge is 0.336 e. The summed E-state index contributed by atoms with van der Waals surface area (Å²) in [4.78, 5) is 17.1. The second-order valence-electron chi connectivity index (χ2n) is 3.79. The molecule has 1 unspecified atom stereocenters. The van der Waals surface area contributed by atoms with Crippen molar-refractivity contribution in [2.24, 2.45) is 0 Å². The minimum atomic E-state index is -0.700. The van der Waals surface area contributed by atoms with E-state index >= 15 is 0 Å². The molecule has 1 atom stereocenters. The first kappa shape index (κ1) is 13.2. The summed E-state index contributed by atoms with van der Waals surface area (Å²) in [6.07, 6.45) is 0.815. The number of nitrogens with zero attached hydrogens (tertiary/aromatic N) is 2. The molecule has 0 bridgehead atoms. The maximum absolute atomic E-state index is 13.8. The molecule has 0 amide bonds. The van der Waals surface area contributed by atoms with Gasteiger partial charge in [-0.1, -0.05) is 0 Å². The molecule has 2 rings (SSSR count). The highest BCUT2D eigenvalue weighted by molar-refractivity contribution is 9.10. The molecule has 2 heterocycles. The van der Waals surface area contributed by atoms with Gasteiger partial charge in [0.1, 0.15) is 0 Å². The zero-order chi connectivity index (χ0) is 13.1. The summed E-state index contributed by atoms with van der Waals surface area (Å²) in [5, 5.41) is 0. The second-order valence-corrected chi connectivity index (χ2v) is 4.70. The normalized spacial score (nSPS) is 19.7. The van der Waals surface area contributed by atoms with E-state index in [1.807, 2.05) is 0 Å². The molecule has 0 N–H and O–H groups in total. The molecule has 7 heteroatoms. The highest BCUT2D eigenvalue weighted by atomic mass is 79.9. The lowest BCUT2D eigenvalue weighted by Gasteiger charge is -2.32.